The average Bonchev–Trinajstić information content (AvgIpc) is 2.60. The highest BCUT2D eigenvalue weighted by molar-refractivity contribution is 7.99. The number of nitrogens with one attached hydrogen (secondary N) is 2. The number of amides is 1. The van der Waals surface area contributed by atoms with Crippen LogP contribution in [0, 0.1) is 0 Å². The van der Waals surface area contributed by atoms with Gasteiger partial charge in [0.2, 0.25) is 5.91 Å². The highest BCUT2D eigenvalue weighted by Gasteiger charge is 2.10. The average molecular weight is 377 g/mol. The zero-order valence-corrected chi connectivity index (χ0v) is 15.9. The van der Waals surface area contributed by atoms with Crippen LogP contribution < -0.4 is 15.6 Å². The number of carbonyl (C=O) groups excluding carboxylic acids is 1. The van der Waals surface area contributed by atoms with Crippen molar-refractivity contribution < 1.29 is 14.3 Å². The third-order valence-electron chi connectivity index (χ3n) is 3.14. The summed E-state index contributed by atoms with van der Waals surface area (Å²) in [4.78, 5) is 30.9. The molecular formula is C18H23N3O4S. The molecule has 0 aliphatic rings. The minimum absolute atomic E-state index is 0.0448. The number of ether oxygens (including phenoxy) is 2. The van der Waals surface area contributed by atoms with Crippen LogP contribution in [-0.2, 0) is 16.1 Å². The molecule has 0 fully saturated rings. The van der Waals surface area contributed by atoms with Gasteiger partial charge in [0.15, 0.2) is 5.16 Å². The van der Waals surface area contributed by atoms with Crippen molar-refractivity contribution in [2.75, 3.05) is 17.7 Å². The second kappa shape index (κ2) is 9.98. The summed E-state index contributed by atoms with van der Waals surface area (Å²) in [5, 5.41) is 3.19. The summed E-state index contributed by atoms with van der Waals surface area (Å²) in [6.07, 6.45) is 0.0448. The minimum Gasteiger partial charge on any atom is -0.492 e. The van der Waals surface area contributed by atoms with Crippen molar-refractivity contribution in [2.45, 2.75) is 38.6 Å². The fraction of sp³-hybridized carbons (Fsp3) is 0.389. The van der Waals surface area contributed by atoms with Crippen LogP contribution in [-0.4, -0.2) is 34.3 Å². The number of hydrogen-bond donors (Lipinski definition) is 2. The Bertz CT molecular complexity index is 792. The first-order valence-corrected chi connectivity index (χ1v) is 9.32. The molecule has 0 spiro atoms. The van der Waals surface area contributed by atoms with Crippen molar-refractivity contribution in [1.82, 2.24) is 9.97 Å². The topological polar surface area (TPSA) is 93.3 Å². The Kier molecular flexibility index (Phi) is 7.68. The highest BCUT2D eigenvalue weighted by Crippen LogP contribution is 2.24. The van der Waals surface area contributed by atoms with E-state index in [1.165, 1.54) is 6.07 Å². The largest absolute Gasteiger partial charge is 0.492 e. The number of nitrogens with zero attached hydrogens (tertiary/aromatic N) is 1. The van der Waals surface area contributed by atoms with E-state index in [-0.39, 0.29) is 29.9 Å². The number of anilines is 1. The minimum atomic E-state index is -0.271. The Morgan fingerprint density at radius 1 is 1.35 bits per heavy atom. The number of benzene rings is 1. The molecule has 2 aromatic rings. The summed E-state index contributed by atoms with van der Waals surface area (Å²) in [6.45, 7) is 6.47. The van der Waals surface area contributed by atoms with E-state index in [1.54, 1.807) is 12.1 Å². The van der Waals surface area contributed by atoms with Crippen LogP contribution in [0.3, 0.4) is 0 Å². The van der Waals surface area contributed by atoms with Gasteiger partial charge in [0.05, 0.1) is 36.5 Å². The molecule has 0 unspecified atom stereocenters. The Balaban J connectivity index is 1.96. The summed E-state index contributed by atoms with van der Waals surface area (Å²) >= 11 is 1.15. The molecule has 1 aromatic carbocycles. The van der Waals surface area contributed by atoms with Crippen molar-refractivity contribution in [3.8, 4) is 5.75 Å². The molecule has 0 atom stereocenters. The van der Waals surface area contributed by atoms with Crippen molar-refractivity contribution in [3.63, 3.8) is 0 Å². The summed E-state index contributed by atoms with van der Waals surface area (Å²) in [6, 6.07) is 8.63. The third kappa shape index (κ3) is 6.53. The van der Waals surface area contributed by atoms with Gasteiger partial charge in [-0.3, -0.25) is 9.59 Å². The molecular weight excluding hydrogens is 354 g/mol. The second-order valence-corrected chi connectivity index (χ2v) is 6.63. The lowest BCUT2D eigenvalue weighted by Gasteiger charge is -2.11. The molecule has 1 heterocycles. The smallest absolute Gasteiger partial charge is 0.251 e. The first-order chi connectivity index (χ1) is 12.5. The standard InChI is InChI=1S/C18H23N3O4S/c1-4-24-15-8-6-5-7-14(15)20-17(23)11-26-18-19-13(9-16(22)21-18)10-25-12(2)3/h5-9,12H,4,10-11H2,1-3H3,(H,20,23)(H,19,21,22). The van der Waals surface area contributed by atoms with Gasteiger partial charge in [-0.05, 0) is 32.9 Å². The van der Waals surface area contributed by atoms with E-state index < -0.39 is 0 Å². The molecule has 2 N–H and O–H groups in total. The Labute approximate surface area is 156 Å². The maximum Gasteiger partial charge on any atom is 0.251 e. The lowest BCUT2D eigenvalue weighted by molar-refractivity contribution is -0.113. The van der Waals surface area contributed by atoms with Crippen LogP contribution in [0.1, 0.15) is 26.5 Å². The molecule has 140 valence electrons. The van der Waals surface area contributed by atoms with Gasteiger partial charge in [-0.1, -0.05) is 23.9 Å². The van der Waals surface area contributed by atoms with Crippen molar-refractivity contribution in [1.29, 1.82) is 0 Å². The van der Waals surface area contributed by atoms with E-state index in [9.17, 15) is 9.59 Å². The number of aromatic amines is 1. The van der Waals surface area contributed by atoms with E-state index >= 15 is 0 Å². The molecule has 0 aliphatic carbocycles. The van der Waals surface area contributed by atoms with Gasteiger partial charge in [0.25, 0.3) is 5.56 Å². The zero-order valence-electron chi connectivity index (χ0n) is 15.1. The first-order valence-electron chi connectivity index (χ1n) is 8.34. The number of para-hydroxylation sites is 2. The Morgan fingerprint density at radius 2 is 2.12 bits per heavy atom. The Hall–Kier alpha value is -2.32. The molecule has 7 nitrogen and oxygen atoms in total. The lowest BCUT2D eigenvalue weighted by Crippen LogP contribution is -2.17. The first kappa shape index (κ1) is 20.0. The van der Waals surface area contributed by atoms with Crippen LogP contribution in [0.4, 0.5) is 5.69 Å². The van der Waals surface area contributed by atoms with Crippen LogP contribution in [0.15, 0.2) is 40.3 Å². The molecule has 0 radical (unpaired) electrons. The van der Waals surface area contributed by atoms with E-state index in [1.807, 2.05) is 32.9 Å². The van der Waals surface area contributed by atoms with E-state index in [0.717, 1.165) is 11.8 Å². The van der Waals surface area contributed by atoms with Gasteiger partial charge >= 0.3 is 0 Å². The normalized spacial score (nSPS) is 10.8. The molecule has 2 rings (SSSR count). The fourth-order valence-electron chi connectivity index (χ4n) is 2.05. The van der Waals surface area contributed by atoms with Crippen LogP contribution in [0.25, 0.3) is 0 Å². The molecule has 0 aliphatic heterocycles. The number of rotatable bonds is 9. The quantitative estimate of drug-likeness (QED) is 0.516. The van der Waals surface area contributed by atoms with Crippen LogP contribution >= 0.6 is 11.8 Å². The van der Waals surface area contributed by atoms with Crippen LogP contribution in [0.2, 0.25) is 0 Å². The number of thioether (sulfide) groups is 1. The van der Waals surface area contributed by atoms with Gasteiger partial charge in [-0.2, -0.15) is 0 Å². The summed E-state index contributed by atoms with van der Waals surface area (Å²) in [5.41, 5.74) is 0.875. The molecule has 0 saturated heterocycles. The third-order valence-corrected chi connectivity index (χ3v) is 4.01. The summed E-state index contributed by atoms with van der Waals surface area (Å²) in [7, 11) is 0. The van der Waals surface area contributed by atoms with Gasteiger partial charge in [-0.15, -0.1) is 0 Å². The predicted molar refractivity (Wildman–Crippen MR) is 102 cm³/mol. The maximum atomic E-state index is 12.2. The van der Waals surface area contributed by atoms with Crippen molar-refractivity contribution in [2.24, 2.45) is 0 Å². The summed E-state index contributed by atoms with van der Waals surface area (Å²) < 4.78 is 10.9. The van der Waals surface area contributed by atoms with Gasteiger partial charge < -0.3 is 19.8 Å². The van der Waals surface area contributed by atoms with Gasteiger partial charge in [-0.25, -0.2) is 4.98 Å². The SMILES string of the molecule is CCOc1ccccc1NC(=O)CSc1nc(COC(C)C)cc(=O)[nH]1. The van der Waals surface area contributed by atoms with Gasteiger partial charge in [0.1, 0.15) is 5.75 Å². The zero-order chi connectivity index (χ0) is 18.9. The number of aromatic nitrogens is 2. The predicted octanol–water partition coefficient (Wildman–Crippen LogP) is 2.82. The Morgan fingerprint density at radius 3 is 2.85 bits per heavy atom. The molecule has 1 aromatic heterocycles. The van der Waals surface area contributed by atoms with E-state index in [0.29, 0.717) is 28.9 Å². The highest BCUT2D eigenvalue weighted by atomic mass is 32.2. The molecule has 1 amide bonds. The maximum absolute atomic E-state index is 12.2. The summed E-state index contributed by atoms with van der Waals surface area (Å²) in [5.74, 6) is 0.513. The van der Waals surface area contributed by atoms with Crippen LogP contribution in [0.5, 0.6) is 5.75 Å². The molecule has 0 bridgehead atoms. The second-order valence-electron chi connectivity index (χ2n) is 5.67. The van der Waals surface area contributed by atoms with E-state index in [2.05, 4.69) is 15.3 Å². The molecule has 8 heteroatoms. The monoisotopic (exact) mass is 377 g/mol. The van der Waals surface area contributed by atoms with Crippen molar-refractivity contribution >= 4 is 23.4 Å². The molecule has 26 heavy (non-hydrogen) atoms. The molecule has 0 saturated carbocycles. The number of H-pyrrole nitrogens is 1. The van der Waals surface area contributed by atoms with Crippen molar-refractivity contribution in [3.05, 3.63) is 46.4 Å². The lowest BCUT2D eigenvalue weighted by atomic mass is 10.3. The number of hydrogen-bond acceptors (Lipinski definition) is 6. The number of carbonyl (C=O) groups is 1. The van der Waals surface area contributed by atoms with Gasteiger partial charge in [0, 0.05) is 6.07 Å². The van der Waals surface area contributed by atoms with E-state index in [4.69, 9.17) is 9.47 Å². The fourth-order valence-corrected chi connectivity index (χ4v) is 2.74.